The van der Waals surface area contributed by atoms with Gasteiger partial charge in [-0.1, -0.05) is 0 Å². The van der Waals surface area contributed by atoms with E-state index < -0.39 is 22.9 Å². The highest BCUT2D eigenvalue weighted by molar-refractivity contribution is 7.86. The molecule has 1 aliphatic rings. The molecule has 0 radical (unpaired) electrons. The zero-order chi connectivity index (χ0) is 13.1. The largest absolute Gasteiger partial charge is 0.402 e. The lowest BCUT2D eigenvalue weighted by molar-refractivity contribution is -0.134. The minimum absolute atomic E-state index is 0.199. The summed E-state index contributed by atoms with van der Waals surface area (Å²) >= 11 is 0. The Labute approximate surface area is 98.8 Å². The second kappa shape index (κ2) is 5.51. The first kappa shape index (κ1) is 14.7. The third-order valence-electron chi connectivity index (χ3n) is 2.42. The lowest BCUT2D eigenvalue weighted by atomic mass is 10.4. The number of hydrogen-bond acceptors (Lipinski definition) is 3. The molecular weight excluding hydrogens is 259 g/mol. The van der Waals surface area contributed by atoms with Gasteiger partial charge in [0.15, 0.2) is 0 Å². The van der Waals surface area contributed by atoms with Crippen molar-refractivity contribution in [3.63, 3.8) is 0 Å². The van der Waals surface area contributed by atoms with Crippen LogP contribution < -0.4 is 5.32 Å². The molecule has 0 atom stereocenters. The Hall–Kier alpha value is -0.380. The van der Waals surface area contributed by atoms with Crippen molar-refractivity contribution in [1.82, 2.24) is 13.9 Å². The van der Waals surface area contributed by atoms with Gasteiger partial charge in [-0.25, -0.2) is 0 Å². The fourth-order valence-electron chi connectivity index (χ4n) is 1.58. The first-order valence-electron chi connectivity index (χ1n) is 5.22. The highest BCUT2D eigenvalue weighted by Crippen LogP contribution is 2.19. The number of alkyl halides is 3. The van der Waals surface area contributed by atoms with Crippen LogP contribution in [0.4, 0.5) is 13.2 Å². The summed E-state index contributed by atoms with van der Waals surface area (Å²) in [6.45, 7) is 0.120. The van der Waals surface area contributed by atoms with Crippen LogP contribution in [-0.2, 0) is 10.2 Å². The van der Waals surface area contributed by atoms with E-state index in [9.17, 15) is 21.6 Å². The molecule has 5 nitrogen and oxygen atoms in total. The van der Waals surface area contributed by atoms with E-state index in [4.69, 9.17) is 0 Å². The summed E-state index contributed by atoms with van der Waals surface area (Å²) in [4.78, 5) is 0. The minimum atomic E-state index is -4.52. The van der Waals surface area contributed by atoms with Gasteiger partial charge in [0.1, 0.15) is 6.54 Å². The van der Waals surface area contributed by atoms with Gasteiger partial charge in [0.25, 0.3) is 10.2 Å². The number of nitrogens with one attached hydrogen (secondary N) is 1. The van der Waals surface area contributed by atoms with Gasteiger partial charge < -0.3 is 5.32 Å². The lowest BCUT2D eigenvalue weighted by Gasteiger charge is -2.26. The van der Waals surface area contributed by atoms with Crippen LogP contribution in [0.15, 0.2) is 0 Å². The molecule has 102 valence electrons. The Bertz CT molecular complexity index is 336. The predicted molar refractivity (Wildman–Crippen MR) is 56.7 cm³/mol. The maximum absolute atomic E-state index is 12.1. The summed E-state index contributed by atoms with van der Waals surface area (Å²) < 4.78 is 61.5. The van der Waals surface area contributed by atoms with Crippen LogP contribution >= 0.6 is 0 Å². The Morgan fingerprint density at radius 1 is 1.29 bits per heavy atom. The minimum Gasteiger partial charge on any atom is -0.315 e. The van der Waals surface area contributed by atoms with Crippen molar-refractivity contribution in [2.75, 3.05) is 39.8 Å². The van der Waals surface area contributed by atoms with Gasteiger partial charge >= 0.3 is 6.18 Å². The summed E-state index contributed by atoms with van der Waals surface area (Å²) in [6, 6.07) is 0. The van der Waals surface area contributed by atoms with E-state index in [1.807, 2.05) is 0 Å². The predicted octanol–water partition coefficient (Wildman–Crippen LogP) is 0.0206. The average Bonchev–Trinajstić information content (AvgIpc) is 2.42. The maximum atomic E-state index is 12.1. The molecule has 17 heavy (non-hydrogen) atoms. The molecule has 1 heterocycles. The summed E-state index contributed by atoms with van der Waals surface area (Å²) in [6.07, 6.45) is -3.93. The highest BCUT2D eigenvalue weighted by atomic mass is 32.2. The SMILES string of the molecule is CN(CC(F)(F)F)S(=O)(=O)N1CCCNCC1. The molecule has 0 aromatic carbocycles. The molecule has 1 fully saturated rings. The Morgan fingerprint density at radius 3 is 2.53 bits per heavy atom. The molecule has 0 saturated carbocycles. The third-order valence-corrected chi connectivity index (χ3v) is 4.36. The molecule has 0 amide bonds. The fourth-order valence-corrected chi connectivity index (χ4v) is 2.97. The van der Waals surface area contributed by atoms with Crippen LogP contribution in [0.25, 0.3) is 0 Å². The van der Waals surface area contributed by atoms with Gasteiger partial charge in [0.05, 0.1) is 0 Å². The zero-order valence-electron chi connectivity index (χ0n) is 9.50. The van der Waals surface area contributed by atoms with E-state index in [1.165, 1.54) is 0 Å². The molecular formula is C8H16F3N3O2S. The van der Waals surface area contributed by atoms with Gasteiger partial charge in [-0.15, -0.1) is 0 Å². The zero-order valence-corrected chi connectivity index (χ0v) is 10.3. The van der Waals surface area contributed by atoms with E-state index in [-0.39, 0.29) is 13.1 Å². The second-order valence-electron chi connectivity index (χ2n) is 3.88. The molecule has 9 heteroatoms. The molecule has 0 spiro atoms. The normalized spacial score (nSPS) is 20.5. The number of hydrogen-bond donors (Lipinski definition) is 1. The van der Waals surface area contributed by atoms with Crippen LogP contribution in [0, 0.1) is 0 Å². The highest BCUT2D eigenvalue weighted by Gasteiger charge is 2.36. The summed E-state index contributed by atoms with van der Waals surface area (Å²) in [7, 11) is -3.07. The van der Waals surface area contributed by atoms with Gasteiger partial charge in [-0.3, -0.25) is 0 Å². The van der Waals surface area contributed by atoms with Crippen LogP contribution in [0.1, 0.15) is 6.42 Å². The second-order valence-corrected chi connectivity index (χ2v) is 5.92. The van der Waals surface area contributed by atoms with Crippen LogP contribution in [-0.4, -0.2) is 63.0 Å². The van der Waals surface area contributed by atoms with Crippen molar-refractivity contribution in [2.45, 2.75) is 12.6 Å². The molecule has 0 aliphatic carbocycles. The molecule has 1 saturated heterocycles. The third kappa shape index (κ3) is 4.41. The van der Waals surface area contributed by atoms with Gasteiger partial charge in [-0.2, -0.15) is 30.2 Å². The molecule has 0 aromatic heterocycles. The first-order chi connectivity index (χ1) is 7.73. The van der Waals surface area contributed by atoms with Crippen molar-refractivity contribution in [2.24, 2.45) is 0 Å². The maximum Gasteiger partial charge on any atom is 0.402 e. The van der Waals surface area contributed by atoms with Gasteiger partial charge in [0, 0.05) is 26.7 Å². The van der Waals surface area contributed by atoms with E-state index in [1.54, 1.807) is 0 Å². The fraction of sp³-hybridized carbons (Fsp3) is 1.00. The number of nitrogens with zero attached hydrogens (tertiary/aromatic N) is 2. The number of halogens is 3. The van der Waals surface area contributed by atoms with Crippen molar-refractivity contribution in [3.8, 4) is 0 Å². The van der Waals surface area contributed by atoms with E-state index >= 15 is 0 Å². The van der Waals surface area contributed by atoms with Gasteiger partial charge in [0.2, 0.25) is 0 Å². The molecule has 0 bridgehead atoms. The van der Waals surface area contributed by atoms with Crippen LogP contribution in [0.5, 0.6) is 0 Å². The van der Waals surface area contributed by atoms with Crippen LogP contribution in [0.2, 0.25) is 0 Å². The summed E-state index contributed by atoms with van der Waals surface area (Å²) in [5.41, 5.74) is 0. The topological polar surface area (TPSA) is 52.7 Å². The van der Waals surface area contributed by atoms with Crippen molar-refractivity contribution < 1.29 is 21.6 Å². The molecule has 1 aliphatic heterocycles. The van der Waals surface area contributed by atoms with Crippen molar-refractivity contribution >= 4 is 10.2 Å². The first-order valence-corrected chi connectivity index (χ1v) is 6.62. The van der Waals surface area contributed by atoms with E-state index in [0.29, 0.717) is 23.8 Å². The Balaban J connectivity index is 2.71. The van der Waals surface area contributed by atoms with Crippen molar-refractivity contribution in [1.29, 1.82) is 0 Å². The quantitative estimate of drug-likeness (QED) is 0.790. The van der Waals surface area contributed by atoms with Gasteiger partial charge in [-0.05, 0) is 13.0 Å². The monoisotopic (exact) mass is 275 g/mol. The average molecular weight is 275 g/mol. The standard InChI is InChI=1S/C8H16F3N3O2S/c1-13(7-8(9,10)11)17(15,16)14-5-2-3-12-4-6-14/h12H,2-7H2,1H3. The van der Waals surface area contributed by atoms with Crippen molar-refractivity contribution in [3.05, 3.63) is 0 Å². The van der Waals surface area contributed by atoms with E-state index in [2.05, 4.69) is 5.32 Å². The molecule has 1 N–H and O–H groups in total. The number of rotatable bonds is 3. The Kier molecular flexibility index (Phi) is 4.76. The summed E-state index contributed by atoms with van der Waals surface area (Å²) in [5.74, 6) is 0. The van der Waals surface area contributed by atoms with E-state index in [0.717, 1.165) is 11.4 Å². The molecule has 0 unspecified atom stereocenters. The smallest absolute Gasteiger partial charge is 0.315 e. The lowest BCUT2D eigenvalue weighted by Crippen LogP contribution is -2.46. The summed E-state index contributed by atoms with van der Waals surface area (Å²) in [5, 5.41) is 2.99. The molecule has 0 aromatic rings. The Morgan fingerprint density at radius 2 is 1.94 bits per heavy atom. The van der Waals surface area contributed by atoms with Crippen LogP contribution in [0.3, 0.4) is 0 Å². The molecule has 1 rings (SSSR count).